The molecule has 8 rings (SSSR count). The van der Waals surface area contributed by atoms with Crippen LogP contribution in [0.3, 0.4) is 0 Å². The molecule has 0 aliphatic heterocycles. The number of hydrogen-bond donors (Lipinski definition) is 1. The number of carbonyl (C=O) groups is 1. The number of carbonyl (C=O) groups excluding carboxylic acids is 1. The predicted molar refractivity (Wildman–Crippen MR) is 195 cm³/mol. The Morgan fingerprint density at radius 2 is 1.42 bits per heavy atom. The largest absolute Gasteiger partial charge is 0.512 e. The molecule has 48 heavy (non-hydrogen) atoms. The number of rotatable bonds is 4. The fourth-order valence-corrected chi connectivity index (χ4v) is 8.46. The average Bonchev–Trinajstić information content (AvgIpc) is 3.36. The first-order chi connectivity index (χ1) is 22.8. The molecule has 0 amide bonds. The maximum absolute atomic E-state index is 12.0. The molecule has 0 unspecified atom stereocenters. The molecule has 1 N–H and O–H groups in total. The minimum atomic E-state index is -0.0754. The molecule has 1 heterocycles. The summed E-state index contributed by atoms with van der Waals surface area (Å²) >= 11 is 0. The second-order valence-electron chi connectivity index (χ2n) is 14.4. The van der Waals surface area contributed by atoms with Crippen LogP contribution in [0, 0.1) is 24.8 Å². The summed E-state index contributed by atoms with van der Waals surface area (Å²) < 4.78 is 0. The van der Waals surface area contributed by atoms with Crippen LogP contribution in [-0.4, -0.2) is 15.9 Å². The molecule has 3 nitrogen and oxygen atoms in total. The van der Waals surface area contributed by atoms with E-state index in [1.165, 1.54) is 82.5 Å². The average molecular weight is 813 g/mol. The molecule has 0 atom stereocenters. The van der Waals surface area contributed by atoms with Crippen LogP contribution in [-0.2, 0) is 30.3 Å². The van der Waals surface area contributed by atoms with E-state index in [4.69, 9.17) is 4.98 Å². The zero-order chi connectivity index (χ0) is 32.5. The number of ketones is 1. The first-order valence-electron chi connectivity index (χ1n) is 17.7. The third kappa shape index (κ3) is 6.42. The van der Waals surface area contributed by atoms with Gasteiger partial charge in [-0.1, -0.05) is 137 Å². The molecule has 1 radical (unpaired) electrons. The standard InChI is InChI=1S/C29H22N.C15H24O2.Ir/c1-18-20-11-5-4-10-19(20)16-17-21(18)28-26-22-12-6-8-14-24(22)29(2,3)27(26)23-13-7-9-15-25(23)30-28;16-14(12-7-3-1-4-8-12)11-15(17)13-9-5-2-6-10-13;/h4-16H,1-3H3;11-13,16H,1-10H2;/q-1;;/b;14-11-;. The number of pyridine rings is 1. The maximum Gasteiger partial charge on any atom is 0.162 e. The van der Waals surface area contributed by atoms with Gasteiger partial charge in [0.1, 0.15) is 0 Å². The van der Waals surface area contributed by atoms with Crippen molar-refractivity contribution in [2.75, 3.05) is 0 Å². The number of aliphatic hydroxyl groups is 1. The van der Waals surface area contributed by atoms with Crippen molar-refractivity contribution < 1.29 is 30.0 Å². The minimum absolute atomic E-state index is 0. The summed E-state index contributed by atoms with van der Waals surface area (Å²) in [6.45, 7) is 6.87. The van der Waals surface area contributed by atoms with E-state index in [0.717, 1.165) is 42.5 Å². The maximum atomic E-state index is 12.0. The van der Waals surface area contributed by atoms with Crippen LogP contribution in [0.5, 0.6) is 0 Å². The zero-order valence-electron chi connectivity index (χ0n) is 28.4. The van der Waals surface area contributed by atoms with E-state index in [-0.39, 0.29) is 43.1 Å². The molecular weight excluding hydrogens is 767 g/mol. The number of hydrogen-bond acceptors (Lipinski definition) is 3. The molecule has 2 saturated carbocycles. The van der Waals surface area contributed by atoms with E-state index in [0.29, 0.717) is 5.76 Å². The third-order valence-electron chi connectivity index (χ3n) is 11.1. The van der Waals surface area contributed by atoms with E-state index in [1.807, 2.05) is 0 Å². The Bertz CT molecular complexity index is 1980. The summed E-state index contributed by atoms with van der Waals surface area (Å²) in [5.41, 5.74) is 9.67. The van der Waals surface area contributed by atoms with Crippen molar-refractivity contribution in [3.8, 4) is 22.4 Å². The fraction of sp³-hybridized carbons (Fsp3) is 0.364. The van der Waals surface area contributed by atoms with Crippen LogP contribution in [0.25, 0.3) is 44.1 Å². The Kier molecular flexibility index (Phi) is 10.3. The Hall–Kier alpha value is -3.59. The molecule has 4 aromatic carbocycles. The van der Waals surface area contributed by atoms with E-state index in [1.54, 1.807) is 6.08 Å². The number of para-hydroxylation sites is 1. The number of benzene rings is 4. The number of aliphatic hydroxyl groups excluding tert-OH is 1. The van der Waals surface area contributed by atoms with Gasteiger partial charge >= 0.3 is 0 Å². The van der Waals surface area contributed by atoms with Gasteiger partial charge in [0, 0.05) is 48.8 Å². The van der Waals surface area contributed by atoms with Crippen LogP contribution in [0.4, 0.5) is 0 Å². The Labute approximate surface area is 299 Å². The summed E-state index contributed by atoms with van der Waals surface area (Å²) in [6, 6.07) is 31.6. The second kappa shape index (κ2) is 14.5. The van der Waals surface area contributed by atoms with Crippen molar-refractivity contribution in [3.63, 3.8) is 0 Å². The van der Waals surface area contributed by atoms with Gasteiger partial charge in [0.2, 0.25) is 0 Å². The van der Waals surface area contributed by atoms with Gasteiger partial charge < -0.3 is 5.11 Å². The summed E-state index contributed by atoms with van der Waals surface area (Å²) in [4.78, 5) is 17.2. The quantitative estimate of drug-likeness (QED) is 0.112. The molecule has 2 fully saturated rings. The molecule has 0 bridgehead atoms. The van der Waals surface area contributed by atoms with E-state index >= 15 is 0 Å². The number of fused-ring (bicyclic) bond motifs is 6. The molecule has 5 aromatic rings. The van der Waals surface area contributed by atoms with Crippen LogP contribution in [0.2, 0.25) is 0 Å². The van der Waals surface area contributed by atoms with Gasteiger partial charge in [-0.05, 0) is 59.7 Å². The SMILES string of the molecule is Cc1c(-c2nc3ccccc3c3c2-c2ccccc2C3(C)C)[c-]cc2ccccc12.O=C(/C=C(\O)C1CCCCC1)C1CCCCC1.[Ir]. The zero-order valence-corrected chi connectivity index (χ0v) is 30.8. The normalized spacial score (nSPS) is 17.6. The fourth-order valence-electron chi connectivity index (χ4n) is 8.46. The van der Waals surface area contributed by atoms with E-state index in [9.17, 15) is 9.90 Å². The van der Waals surface area contributed by atoms with Gasteiger partial charge in [-0.25, -0.2) is 0 Å². The predicted octanol–water partition coefficient (Wildman–Crippen LogP) is 11.6. The molecule has 4 heteroatoms. The summed E-state index contributed by atoms with van der Waals surface area (Å²) in [6.07, 6.45) is 13.0. The van der Waals surface area contributed by atoms with Gasteiger partial charge in [0.25, 0.3) is 0 Å². The molecule has 1 aromatic heterocycles. The van der Waals surface area contributed by atoms with Crippen LogP contribution < -0.4 is 0 Å². The van der Waals surface area contributed by atoms with Crippen LogP contribution >= 0.6 is 0 Å². The molecule has 0 saturated heterocycles. The van der Waals surface area contributed by atoms with Gasteiger partial charge in [-0.3, -0.25) is 9.78 Å². The van der Waals surface area contributed by atoms with Crippen molar-refractivity contribution in [1.82, 2.24) is 4.98 Å². The van der Waals surface area contributed by atoms with Crippen LogP contribution in [0.15, 0.2) is 90.7 Å². The van der Waals surface area contributed by atoms with Gasteiger partial charge in [0.05, 0.1) is 11.3 Å². The molecular formula is C44H46IrNO2-. The first kappa shape index (κ1) is 34.3. The molecule has 3 aliphatic carbocycles. The first-order valence-corrected chi connectivity index (χ1v) is 17.7. The van der Waals surface area contributed by atoms with Crippen molar-refractivity contribution in [3.05, 3.63) is 113 Å². The summed E-state index contributed by atoms with van der Waals surface area (Å²) in [5.74, 6) is 0.985. The van der Waals surface area contributed by atoms with Crippen molar-refractivity contribution in [2.45, 2.75) is 90.4 Å². The minimum Gasteiger partial charge on any atom is -0.512 e. The molecule has 249 valence electrons. The number of allylic oxidation sites excluding steroid dienone is 2. The van der Waals surface area contributed by atoms with Gasteiger partial charge in [-0.15, -0.1) is 23.3 Å². The van der Waals surface area contributed by atoms with E-state index < -0.39 is 0 Å². The third-order valence-corrected chi connectivity index (χ3v) is 11.1. The Morgan fingerprint density at radius 1 is 0.812 bits per heavy atom. The number of nitrogens with zero attached hydrogens (tertiary/aromatic N) is 1. The van der Waals surface area contributed by atoms with Crippen molar-refractivity contribution in [2.24, 2.45) is 11.8 Å². The van der Waals surface area contributed by atoms with Gasteiger partial charge in [0.15, 0.2) is 5.78 Å². The smallest absolute Gasteiger partial charge is 0.162 e. The Balaban J connectivity index is 0.000000191. The monoisotopic (exact) mass is 813 g/mol. The van der Waals surface area contributed by atoms with Crippen molar-refractivity contribution in [1.29, 1.82) is 0 Å². The molecule has 3 aliphatic rings. The van der Waals surface area contributed by atoms with Crippen LogP contribution in [0.1, 0.15) is 94.7 Å². The topological polar surface area (TPSA) is 50.2 Å². The van der Waals surface area contributed by atoms with E-state index in [2.05, 4.69) is 106 Å². The Morgan fingerprint density at radius 3 is 2.15 bits per heavy atom. The number of aromatic nitrogens is 1. The summed E-state index contributed by atoms with van der Waals surface area (Å²) in [5, 5.41) is 13.7. The number of aryl methyl sites for hydroxylation is 1. The second-order valence-corrected chi connectivity index (χ2v) is 14.4. The van der Waals surface area contributed by atoms with Crippen molar-refractivity contribution >= 4 is 27.5 Å². The molecule has 0 spiro atoms. The van der Waals surface area contributed by atoms with Gasteiger partial charge in [-0.2, -0.15) is 0 Å². The summed E-state index contributed by atoms with van der Waals surface area (Å²) in [7, 11) is 0.